The van der Waals surface area contributed by atoms with Crippen molar-refractivity contribution in [3.05, 3.63) is 35.9 Å². The summed E-state index contributed by atoms with van der Waals surface area (Å²) in [5.41, 5.74) is 0.409. The molecule has 0 N–H and O–H groups in total. The minimum absolute atomic E-state index is 0.109. The average molecular weight is 234 g/mol. The van der Waals surface area contributed by atoms with Crippen LogP contribution in [0.5, 0.6) is 0 Å². The maximum absolute atomic E-state index is 12.6. The Labute approximate surface area is 100 Å². The van der Waals surface area contributed by atoms with Crippen molar-refractivity contribution in [1.82, 2.24) is 0 Å². The third kappa shape index (κ3) is 4.80. The van der Waals surface area contributed by atoms with Crippen LogP contribution in [0, 0.1) is 0 Å². The van der Waals surface area contributed by atoms with Crippen molar-refractivity contribution in [3.8, 4) is 0 Å². The lowest BCUT2D eigenvalue weighted by Crippen LogP contribution is -2.14. The molecule has 3 nitrogen and oxygen atoms in total. The number of esters is 1. The van der Waals surface area contributed by atoms with E-state index >= 15 is 0 Å². The van der Waals surface area contributed by atoms with Crippen LogP contribution in [0.1, 0.15) is 16.8 Å². The molecule has 0 spiro atoms. The molecular weight excluding hydrogens is 222 g/mol. The largest absolute Gasteiger partial charge is 0.463 e. The first kappa shape index (κ1) is 13.4. The monoisotopic (exact) mass is 234 g/mol. The summed E-state index contributed by atoms with van der Waals surface area (Å²) < 4.78 is 17.5. The molecule has 0 unspecified atom stereocenters. The fourth-order valence-electron chi connectivity index (χ4n) is 1.25. The van der Waals surface area contributed by atoms with Crippen LogP contribution in [0.4, 0.5) is 4.39 Å². The van der Waals surface area contributed by atoms with E-state index in [2.05, 4.69) is 0 Å². The Morgan fingerprint density at radius 3 is 2.65 bits per heavy atom. The molecule has 0 bridgehead atoms. The Hall–Kier alpha value is -1.65. The predicted octanol–water partition coefficient (Wildman–Crippen LogP) is 1.73. The predicted molar refractivity (Wildman–Crippen MR) is 61.8 cm³/mol. The molecule has 0 amide bonds. The highest BCUT2D eigenvalue weighted by atomic mass is 19.1. The maximum atomic E-state index is 12.6. The van der Waals surface area contributed by atoms with E-state index in [0.717, 1.165) is 0 Å². The lowest BCUT2D eigenvalue weighted by molar-refractivity contribution is -0.112. The summed E-state index contributed by atoms with van der Waals surface area (Å²) in [5.74, 6) is -1.19. The Kier molecular flexibility index (Phi) is 5.40. The third-order valence-corrected chi connectivity index (χ3v) is 2.11. The zero-order chi connectivity index (χ0) is 12.7. The maximum Gasteiger partial charge on any atom is 0.338 e. The molecule has 5 heteroatoms. The highest BCUT2D eigenvalue weighted by Gasteiger charge is 2.13. The SMILES string of the molecule is [B][C@@H](COC(=O)c1ccccc1)C[C@H](F)C=O. The Bertz CT molecular complexity index is 369. The topological polar surface area (TPSA) is 43.4 Å². The second-order valence-electron chi connectivity index (χ2n) is 3.61. The third-order valence-electron chi connectivity index (χ3n) is 2.11. The van der Waals surface area contributed by atoms with Gasteiger partial charge in [-0.25, -0.2) is 9.18 Å². The zero-order valence-electron chi connectivity index (χ0n) is 9.21. The Balaban J connectivity index is 2.36. The van der Waals surface area contributed by atoms with Crippen molar-refractivity contribution >= 4 is 20.1 Å². The van der Waals surface area contributed by atoms with E-state index in [0.29, 0.717) is 5.56 Å². The number of hydrogen-bond donors (Lipinski definition) is 0. The summed E-state index contributed by atoms with van der Waals surface area (Å²) in [7, 11) is 5.50. The minimum Gasteiger partial charge on any atom is -0.463 e. The summed E-state index contributed by atoms with van der Waals surface area (Å²) in [4.78, 5) is 21.5. The smallest absolute Gasteiger partial charge is 0.338 e. The summed E-state index contributed by atoms with van der Waals surface area (Å²) in [6.45, 7) is -0.109. The first-order valence-electron chi connectivity index (χ1n) is 5.20. The zero-order valence-corrected chi connectivity index (χ0v) is 9.21. The standard InChI is InChI=1S/C12H12BFO3/c13-10(6-11(14)7-15)8-17-12(16)9-4-2-1-3-5-9/h1-5,7,10-11H,6,8H2/t10-,11+/m1/s1. The number of carbonyl (C=O) groups is 2. The fourth-order valence-corrected chi connectivity index (χ4v) is 1.25. The van der Waals surface area contributed by atoms with Gasteiger partial charge in [0.25, 0.3) is 0 Å². The lowest BCUT2D eigenvalue weighted by Gasteiger charge is -2.12. The number of hydrogen-bond acceptors (Lipinski definition) is 3. The molecule has 2 radical (unpaired) electrons. The molecule has 0 saturated heterocycles. The van der Waals surface area contributed by atoms with Crippen LogP contribution >= 0.6 is 0 Å². The van der Waals surface area contributed by atoms with E-state index in [1.54, 1.807) is 30.3 Å². The van der Waals surface area contributed by atoms with Crippen molar-refractivity contribution in [3.63, 3.8) is 0 Å². The molecule has 1 rings (SSSR count). The number of ether oxygens (including phenoxy) is 1. The van der Waals surface area contributed by atoms with Gasteiger partial charge in [0.2, 0.25) is 0 Å². The van der Waals surface area contributed by atoms with Crippen LogP contribution in [0.2, 0.25) is 5.82 Å². The van der Waals surface area contributed by atoms with E-state index < -0.39 is 18.0 Å². The van der Waals surface area contributed by atoms with Crippen molar-refractivity contribution in [2.45, 2.75) is 18.4 Å². The normalized spacial score (nSPS) is 13.7. The lowest BCUT2D eigenvalue weighted by atomic mass is 9.84. The quantitative estimate of drug-likeness (QED) is 0.427. The van der Waals surface area contributed by atoms with E-state index in [1.807, 2.05) is 0 Å². The van der Waals surface area contributed by atoms with Gasteiger partial charge in [-0.3, -0.25) is 0 Å². The second-order valence-corrected chi connectivity index (χ2v) is 3.61. The Morgan fingerprint density at radius 2 is 2.06 bits per heavy atom. The van der Waals surface area contributed by atoms with Crippen LogP contribution < -0.4 is 0 Å². The van der Waals surface area contributed by atoms with Gasteiger partial charge in [0.1, 0.15) is 0 Å². The van der Waals surface area contributed by atoms with Gasteiger partial charge in [0.15, 0.2) is 12.5 Å². The van der Waals surface area contributed by atoms with Gasteiger partial charge in [-0.05, 0) is 24.4 Å². The molecule has 1 aromatic carbocycles. The van der Waals surface area contributed by atoms with Gasteiger partial charge >= 0.3 is 5.97 Å². The van der Waals surface area contributed by atoms with E-state index in [-0.39, 0.29) is 19.3 Å². The first-order chi connectivity index (χ1) is 8.13. The van der Waals surface area contributed by atoms with E-state index in [1.165, 1.54) is 0 Å². The molecule has 17 heavy (non-hydrogen) atoms. The van der Waals surface area contributed by atoms with Crippen LogP contribution in [-0.4, -0.2) is 32.9 Å². The molecule has 0 aliphatic rings. The number of carbonyl (C=O) groups excluding carboxylic acids is 2. The average Bonchev–Trinajstić information content (AvgIpc) is 2.36. The van der Waals surface area contributed by atoms with Crippen LogP contribution in [0.15, 0.2) is 30.3 Å². The van der Waals surface area contributed by atoms with Gasteiger partial charge in [0.05, 0.1) is 20.0 Å². The minimum atomic E-state index is -1.61. The van der Waals surface area contributed by atoms with E-state index in [9.17, 15) is 14.0 Å². The van der Waals surface area contributed by atoms with Crippen molar-refractivity contribution in [2.24, 2.45) is 0 Å². The van der Waals surface area contributed by atoms with Gasteiger partial charge in [-0.2, -0.15) is 0 Å². The number of halogens is 1. The molecule has 0 aliphatic carbocycles. The molecule has 0 aromatic heterocycles. The summed E-state index contributed by atoms with van der Waals surface area (Å²) in [5, 5.41) is 0. The Morgan fingerprint density at radius 1 is 1.41 bits per heavy atom. The van der Waals surface area contributed by atoms with Gasteiger partial charge in [0, 0.05) is 0 Å². The highest BCUT2D eigenvalue weighted by Crippen LogP contribution is 2.12. The van der Waals surface area contributed by atoms with Crippen LogP contribution in [0.3, 0.4) is 0 Å². The van der Waals surface area contributed by atoms with Gasteiger partial charge in [-0.1, -0.05) is 18.2 Å². The second kappa shape index (κ2) is 6.83. The summed E-state index contributed by atoms with van der Waals surface area (Å²) in [6, 6.07) is 8.41. The van der Waals surface area contributed by atoms with Crippen LogP contribution in [-0.2, 0) is 9.53 Å². The summed E-state index contributed by atoms with van der Waals surface area (Å²) >= 11 is 0. The molecule has 88 valence electrons. The first-order valence-corrected chi connectivity index (χ1v) is 5.20. The number of rotatable bonds is 6. The summed E-state index contributed by atoms with van der Waals surface area (Å²) in [6.07, 6.45) is -1.58. The molecule has 2 atom stereocenters. The number of aldehydes is 1. The molecular formula is C12H12BFO3. The van der Waals surface area contributed by atoms with Crippen molar-refractivity contribution in [2.75, 3.05) is 6.61 Å². The van der Waals surface area contributed by atoms with Crippen molar-refractivity contribution < 1.29 is 18.7 Å². The van der Waals surface area contributed by atoms with E-state index in [4.69, 9.17) is 12.6 Å². The fraction of sp³-hybridized carbons (Fsp3) is 0.333. The molecule has 0 heterocycles. The molecule has 0 aliphatic heterocycles. The molecule has 0 fully saturated rings. The van der Waals surface area contributed by atoms with Gasteiger partial charge in [-0.15, -0.1) is 0 Å². The number of alkyl halides is 1. The van der Waals surface area contributed by atoms with Crippen molar-refractivity contribution in [1.29, 1.82) is 0 Å². The number of benzene rings is 1. The van der Waals surface area contributed by atoms with Gasteiger partial charge < -0.3 is 9.53 Å². The molecule has 0 saturated carbocycles. The highest BCUT2D eigenvalue weighted by molar-refractivity contribution is 6.12. The molecule has 1 aromatic rings. The van der Waals surface area contributed by atoms with Crippen LogP contribution in [0.25, 0.3) is 0 Å².